The van der Waals surface area contributed by atoms with Gasteiger partial charge < -0.3 is 4.98 Å². The molecule has 0 atom stereocenters. The molecule has 0 fully saturated rings. The first kappa shape index (κ1) is 19.9. The van der Waals surface area contributed by atoms with Crippen LogP contribution in [0.2, 0.25) is 5.02 Å². The van der Waals surface area contributed by atoms with Gasteiger partial charge in [0.25, 0.3) is 10.0 Å². The molecule has 0 unspecified atom stereocenters. The van der Waals surface area contributed by atoms with Gasteiger partial charge in [-0.1, -0.05) is 23.7 Å². The predicted molar refractivity (Wildman–Crippen MR) is 116 cm³/mol. The lowest BCUT2D eigenvalue weighted by Gasteiger charge is -2.13. The minimum Gasteiger partial charge on any atom is -0.361 e. The number of hydrogen-bond donors (Lipinski definition) is 2. The molecule has 30 heavy (non-hydrogen) atoms. The molecule has 0 bridgehead atoms. The summed E-state index contributed by atoms with van der Waals surface area (Å²) in [6.45, 7) is 0. The number of nitrogens with one attached hydrogen (secondary N) is 2. The van der Waals surface area contributed by atoms with Crippen molar-refractivity contribution in [3.05, 3.63) is 101 Å². The molecule has 0 amide bonds. The maximum Gasteiger partial charge on any atom is 0.261 e. The van der Waals surface area contributed by atoms with Crippen LogP contribution in [0.3, 0.4) is 0 Å². The molecule has 0 aliphatic carbocycles. The third-order valence-electron chi connectivity index (χ3n) is 4.49. The van der Waals surface area contributed by atoms with E-state index in [2.05, 4.69) is 14.7 Å². The Morgan fingerprint density at radius 1 is 0.967 bits per heavy atom. The zero-order valence-electron chi connectivity index (χ0n) is 15.5. The highest BCUT2D eigenvalue weighted by atomic mass is 35.5. The fourth-order valence-electron chi connectivity index (χ4n) is 2.98. The fourth-order valence-corrected chi connectivity index (χ4v) is 4.23. The van der Waals surface area contributed by atoms with Crippen LogP contribution in [0.1, 0.15) is 15.9 Å². The number of anilines is 1. The maximum atomic E-state index is 12.9. The minimum atomic E-state index is -3.92. The van der Waals surface area contributed by atoms with E-state index in [1.165, 1.54) is 42.7 Å². The van der Waals surface area contributed by atoms with Crippen LogP contribution in [-0.2, 0) is 10.0 Å². The van der Waals surface area contributed by atoms with Gasteiger partial charge in [0.15, 0.2) is 5.78 Å². The first-order valence-electron chi connectivity index (χ1n) is 8.95. The number of carbonyl (C=O) groups is 1. The van der Waals surface area contributed by atoms with Gasteiger partial charge >= 0.3 is 0 Å². The Morgan fingerprint density at radius 3 is 2.37 bits per heavy atom. The molecule has 2 heterocycles. The first-order valence-corrected chi connectivity index (χ1v) is 10.8. The van der Waals surface area contributed by atoms with Crippen molar-refractivity contribution in [2.75, 3.05) is 4.72 Å². The van der Waals surface area contributed by atoms with E-state index in [0.717, 1.165) is 11.3 Å². The van der Waals surface area contributed by atoms with Gasteiger partial charge in [-0.05, 0) is 60.2 Å². The largest absolute Gasteiger partial charge is 0.361 e. The van der Waals surface area contributed by atoms with Crippen molar-refractivity contribution in [1.29, 1.82) is 0 Å². The maximum absolute atomic E-state index is 12.9. The summed E-state index contributed by atoms with van der Waals surface area (Å²) in [6, 6.07) is 17.8. The lowest BCUT2D eigenvalue weighted by molar-refractivity contribution is 0.103. The minimum absolute atomic E-state index is 0.0788. The molecule has 2 aromatic heterocycles. The molecule has 2 N–H and O–H groups in total. The fraction of sp³-hybridized carbons (Fsp3) is 0. The Hall–Kier alpha value is -3.42. The van der Waals surface area contributed by atoms with Crippen LogP contribution in [0, 0.1) is 0 Å². The highest BCUT2D eigenvalue weighted by molar-refractivity contribution is 7.92. The predicted octanol–water partition coefficient (Wildman–Crippen LogP) is 4.76. The highest BCUT2D eigenvalue weighted by Crippen LogP contribution is 2.27. The normalized spacial score (nSPS) is 11.2. The number of halogens is 1. The molecule has 8 heteroatoms. The third kappa shape index (κ3) is 4.12. The smallest absolute Gasteiger partial charge is 0.261 e. The molecule has 6 nitrogen and oxygen atoms in total. The second-order valence-electron chi connectivity index (χ2n) is 6.47. The summed E-state index contributed by atoms with van der Waals surface area (Å²) < 4.78 is 28.3. The molecule has 150 valence electrons. The molecule has 2 aromatic carbocycles. The number of carbonyl (C=O) groups excluding carboxylic acids is 1. The van der Waals surface area contributed by atoms with Gasteiger partial charge in [0.05, 0.1) is 10.6 Å². The Bertz CT molecular complexity index is 1290. The van der Waals surface area contributed by atoms with E-state index in [0.29, 0.717) is 10.6 Å². The number of sulfonamides is 1. The van der Waals surface area contributed by atoms with Gasteiger partial charge in [0, 0.05) is 40.4 Å². The summed E-state index contributed by atoms with van der Waals surface area (Å²) in [5.74, 6) is -0.361. The van der Waals surface area contributed by atoms with Crippen LogP contribution in [0.4, 0.5) is 5.69 Å². The SMILES string of the molecule is O=C(c1ccncc1)c1cc(Cl)ccc1NS(=O)(=O)c1ccc(-c2ccc[nH]2)cc1. The number of H-pyrrole nitrogens is 1. The van der Waals surface area contributed by atoms with Crippen molar-refractivity contribution >= 4 is 33.1 Å². The van der Waals surface area contributed by atoms with E-state index in [9.17, 15) is 13.2 Å². The monoisotopic (exact) mass is 437 g/mol. The quantitative estimate of drug-likeness (QED) is 0.425. The Labute approximate surface area is 178 Å². The van der Waals surface area contributed by atoms with E-state index in [1.807, 2.05) is 12.1 Å². The zero-order chi connectivity index (χ0) is 21.1. The Morgan fingerprint density at radius 2 is 1.70 bits per heavy atom. The molecule has 0 aliphatic rings. The molecule has 0 saturated carbocycles. The van der Waals surface area contributed by atoms with Crippen molar-refractivity contribution in [1.82, 2.24) is 9.97 Å². The summed E-state index contributed by atoms with van der Waals surface area (Å²) in [6.07, 6.45) is 4.78. The van der Waals surface area contributed by atoms with Gasteiger partial charge in [0.2, 0.25) is 0 Å². The van der Waals surface area contributed by atoms with Crippen LogP contribution in [-0.4, -0.2) is 24.2 Å². The summed E-state index contributed by atoms with van der Waals surface area (Å²) in [7, 11) is -3.92. The second kappa shape index (κ2) is 8.14. The van der Waals surface area contributed by atoms with Gasteiger partial charge in [-0.3, -0.25) is 14.5 Å². The van der Waals surface area contributed by atoms with Gasteiger partial charge in [-0.2, -0.15) is 0 Å². The summed E-state index contributed by atoms with van der Waals surface area (Å²) in [5.41, 5.74) is 2.42. The van der Waals surface area contributed by atoms with Crippen molar-refractivity contribution in [2.45, 2.75) is 4.90 Å². The number of hydrogen-bond acceptors (Lipinski definition) is 4. The molecule has 4 aromatic rings. The van der Waals surface area contributed by atoms with Gasteiger partial charge in [-0.15, -0.1) is 0 Å². The van der Waals surface area contributed by atoms with Crippen LogP contribution < -0.4 is 4.72 Å². The number of ketones is 1. The third-order valence-corrected chi connectivity index (χ3v) is 6.10. The molecular weight excluding hydrogens is 422 g/mol. The number of aromatic amines is 1. The van der Waals surface area contributed by atoms with Crippen molar-refractivity contribution in [3.8, 4) is 11.3 Å². The van der Waals surface area contributed by atoms with E-state index in [-0.39, 0.29) is 21.9 Å². The van der Waals surface area contributed by atoms with Crippen LogP contribution in [0.25, 0.3) is 11.3 Å². The van der Waals surface area contributed by atoms with Crippen molar-refractivity contribution < 1.29 is 13.2 Å². The molecule has 4 rings (SSSR count). The molecular formula is C22H16ClN3O3S. The standard InChI is InChI=1S/C22H16ClN3O3S/c23-17-5-8-21(19(14-17)22(27)16-9-12-24-13-10-16)26-30(28,29)18-6-3-15(4-7-18)20-2-1-11-25-20/h1-14,25-26H. The highest BCUT2D eigenvalue weighted by Gasteiger charge is 2.20. The van der Waals surface area contributed by atoms with Crippen molar-refractivity contribution in [2.24, 2.45) is 0 Å². The number of aromatic nitrogens is 2. The lowest BCUT2D eigenvalue weighted by Crippen LogP contribution is -2.16. The number of rotatable bonds is 6. The van der Waals surface area contributed by atoms with E-state index in [4.69, 9.17) is 11.6 Å². The van der Waals surface area contributed by atoms with E-state index >= 15 is 0 Å². The van der Waals surface area contributed by atoms with Crippen LogP contribution >= 0.6 is 11.6 Å². The molecule has 0 aliphatic heterocycles. The number of pyridine rings is 1. The Balaban J connectivity index is 1.66. The first-order chi connectivity index (χ1) is 14.4. The second-order valence-corrected chi connectivity index (χ2v) is 8.59. The van der Waals surface area contributed by atoms with E-state index < -0.39 is 10.0 Å². The zero-order valence-corrected chi connectivity index (χ0v) is 17.1. The summed E-state index contributed by atoms with van der Waals surface area (Å²) in [5, 5.41) is 0.325. The average molecular weight is 438 g/mol. The average Bonchev–Trinajstić information content (AvgIpc) is 3.30. The molecule has 0 spiro atoms. The van der Waals surface area contributed by atoms with Gasteiger partial charge in [0.1, 0.15) is 0 Å². The van der Waals surface area contributed by atoms with Crippen molar-refractivity contribution in [3.63, 3.8) is 0 Å². The topological polar surface area (TPSA) is 91.9 Å². The number of benzene rings is 2. The number of nitrogens with zero attached hydrogens (tertiary/aromatic N) is 1. The molecule has 0 saturated heterocycles. The van der Waals surface area contributed by atoms with Crippen LogP contribution in [0.15, 0.2) is 90.2 Å². The van der Waals surface area contributed by atoms with E-state index in [1.54, 1.807) is 30.5 Å². The van der Waals surface area contributed by atoms with Crippen LogP contribution in [0.5, 0.6) is 0 Å². The summed E-state index contributed by atoms with van der Waals surface area (Å²) in [4.78, 5) is 19.9. The molecule has 0 radical (unpaired) electrons. The lowest BCUT2D eigenvalue weighted by atomic mass is 10.0. The van der Waals surface area contributed by atoms with Gasteiger partial charge in [-0.25, -0.2) is 8.42 Å². The Kier molecular flexibility index (Phi) is 5.39. The summed E-state index contributed by atoms with van der Waals surface area (Å²) >= 11 is 6.06.